The zero-order valence-electron chi connectivity index (χ0n) is 12.0. The van der Waals surface area contributed by atoms with Gasteiger partial charge in [0.1, 0.15) is 12.4 Å². The molecule has 0 amide bonds. The lowest BCUT2D eigenvalue weighted by atomic mass is 10.1. The summed E-state index contributed by atoms with van der Waals surface area (Å²) < 4.78 is 13.1. The molecular formula is C15H20N2O3. The maximum atomic E-state index is 9.56. The lowest BCUT2D eigenvalue weighted by Gasteiger charge is -2.13. The minimum atomic E-state index is -0.522. The number of methoxy groups -OCH3 is 1. The minimum Gasteiger partial charge on any atom is -0.493 e. The van der Waals surface area contributed by atoms with Gasteiger partial charge in [-0.15, -0.1) is 0 Å². The summed E-state index contributed by atoms with van der Waals surface area (Å²) >= 11 is 0. The Bertz CT molecular complexity index is 564. The fourth-order valence-corrected chi connectivity index (χ4v) is 1.96. The van der Waals surface area contributed by atoms with Gasteiger partial charge in [0, 0.05) is 12.4 Å². The van der Waals surface area contributed by atoms with Crippen LogP contribution in [-0.2, 0) is 6.54 Å². The van der Waals surface area contributed by atoms with Crippen LogP contribution in [0.2, 0.25) is 0 Å². The van der Waals surface area contributed by atoms with Gasteiger partial charge in [0.25, 0.3) is 0 Å². The summed E-state index contributed by atoms with van der Waals surface area (Å²) in [5.74, 6) is 2.27. The number of rotatable bonds is 6. The molecule has 0 saturated carbocycles. The van der Waals surface area contributed by atoms with E-state index in [1.807, 2.05) is 29.8 Å². The number of nitrogens with zero attached hydrogens (tertiary/aromatic N) is 2. The van der Waals surface area contributed by atoms with Crippen molar-refractivity contribution >= 4 is 0 Å². The van der Waals surface area contributed by atoms with Gasteiger partial charge in [-0.05, 0) is 31.5 Å². The third-order valence-electron chi connectivity index (χ3n) is 3.18. The van der Waals surface area contributed by atoms with Gasteiger partial charge >= 0.3 is 0 Å². The number of hydrogen-bond acceptors (Lipinski definition) is 4. The number of imidazole rings is 1. The zero-order valence-corrected chi connectivity index (χ0v) is 12.0. The molecule has 1 aromatic heterocycles. The Morgan fingerprint density at radius 3 is 2.75 bits per heavy atom. The summed E-state index contributed by atoms with van der Waals surface area (Å²) in [5.41, 5.74) is 0.805. The van der Waals surface area contributed by atoms with Crippen LogP contribution >= 0.6 is 0 Å². The van der Waals surface area contributed by atoms with Crippen molar-refractivity contribution in [1.82, 2.24) is 9.55 Å². The van der Waals surface area contributed by atoms with Crippen LogP contribution in [0.15, 0.2) is 30.6 Å². The maximum absolute atomic E-state index is 9.56. The van der Waals surface area contributed by atoms with E-state index in [2.05, 4.69) is 4.98 Å². The monoisotopic (exact) mass is 276 g/mol. The van der Waals surface area contributed by atoms with Gasteiger partial charge in [0.15, 0.2) is 11.5 Å². The summed E-state index contributed by atoms with van der Waals surface area (Å²) in [5, 5.41) is 9.56. The second kappa shape index (κ2) is 6.43. The molecule has 0 saturated heterocycles. The van der Waals surface area contributed by atoms with Gasteiger partial charge in [-0.2, -0.15) is 0 Å². The van der Waals surface area contributed by atoms with Crippen LogP contribution in [0, 0.1) is 6.92 Å². The number of aromatic nitrogens is 2. The Hall–Kier alpha value is -2.01. The van der Waals surface area contributed by atoms with Crippen molar-refractivity contribution in [3.63, 3.8) is 0 Å². The molecule has 5 heteroatoms. The van der Waals surface area contributed by atoms with E-state index in [1.54, 1.807) is 26.3 Å². The third kappa shape index (κ3) is 3.30. The molecule has 0 bridgehead atoms. The van der Waals surface area contributed by atoms with Crippen molar-refractivity contribution in [2.75, 3.05) is 13.7 Å². The molecule has 0 fully saturated rings. The molecule has 0 radical (unpaired) electrons. The molecule has 108 valence electrons. The van der Waals surface area contributed by atoms with Crippen LogP contribution in [-0.4, -0.2) is 28.4 Å². The van der Waals surface area contributed by atoms with Crippen molar-refractivity contribution in [2.24, 2.45) is 0 Å². The smallest absolute Gasteiger partial charge is 0.161 e. The van der Waals surface area contributed by atoms with Crippen LogP contribution in [0.4, 0.5) is 0 Å². The van der Waals surface area contributed by atoms with Crippen molar-refractivity contribution in [3.8, 4) is 11.5 Å². The summed E-state index contributed by atoms with van der Waals surface area (Å²) in [4.78, 5) is 4.16. The van der Waals surface area contributed by atoms with E-state index in [0.717, 1.165) is 17.9 Å². The number of ether oxygens (including phenoxy) is 2. The van der Waals surface area contributed by atoms with Gasteiger partial charge in [0.2, 0.25) is 0 Å². The van der Waals surface area contributed by atoms with E-state index in [1.165, 1.54) is 0 Å². The standard InChI is InChI=1S/C15H20N2O3/c1-11(18)13-4-5-14(15(10-13)19-3)20-9-8-17-7-6-16-12(17)2/h4-7,10-11,18H,8-9H2,1-3H3/t11-/m1/s1. The lowest BCUT2D eigenvalue weighted by molar-refractivity contribution is 0.198. The second-order valence-electron chi connectivity index (χ2n) is 4.60. The van der Waals surface area contributed by atoms with E-state index in [-0.39, 0.29) is 0 Å². The molecule has 0 spiro atoms. The highest BCUT2D eigenvalue weighted by atomic mass is 16.5. The van der Waals surface area contributed by atoms with Crippen LogP contribution < -0.4 is 9.47 Å². The fraction of sp³-hybridized carbons (Fsp3) is 0.400. The molecule has 1 heterocycles. The van der Waals surface area contributed by atoms with Crippen molar-refractivity contribution in [1.29, 1.82) is 0 Å². The Kier molecular flexibility index (Phi) is 4.63. The predicted octanol–water partition coefficient (Wildman–Crippen LogP) is 2.33. The first-order chi connectivity index (χ1) is 9.61. The van der Waals surface area contributed by atoms with Crippen LogP contribution in [0.5, 0.6) is 11.5 Å². The molecule has 2 aromatic rings. The highest BCUT2D eigenvalue weighted by Crippen LogP contribution is 2.30. The molecule has 20 heavy (non-hydrogen) atoms. The molecule has 2 rings (SSSR count). The molecule has 1 atom stereocenters. The van der Waals surface area contributed by atoms with Gasteiger partial charge in [-0.3, -0.25) is 0 Å². The average molecular weight is 276 g/mol. The summed E-state index contributed by atoms with van der Waals surface area (Å²) in [6, 6.07) is 5.45. The summed E-state index contributed by atoms with van der Waals surface area (Å²) in [6.07, 6.45) is 3.17. The van der Waals surface area contributed by atoms with Crippen LogP contribution in [0.1, 0.15) is 24.4 Å². The molecule has 0 aliphatic rings. The molecule has 0 unspecified atom stereocenters. The molecular weight excluding hydrogens is 256 g/mol. The van der Waals surface area contributed by atoms with Crippen LogP contribution in [0.25, 0.3) is 0 Å². The van der Waals surface area contributed by atoms with Gasteiger partial charge in [0.05, 0.1) is 19.8 Å². The van der Waals surface area contributed by atoms with Crippen molar-refractivity contribution in [3.05, 3.63) is 42.0 Å². The van der Waals surface area contributed by atoms with E-state index in [4.69, 9.17) is 9.47 Å². The highest BCUT2D eigenvalue weighted by Gasteiger charge is 2.09. The van der Waals surface area contributed by atoms with E-state index in [0.29, 0.717) is 18.1 Å². The molecule has 1 aromatic carbocycles. The van der Waals surface area contributed by atoms with Crippen LogP contribution in [0.3, 0.4) is 0 Å². The van der Waals surface area contributed by atoms with E-state index < -0.39 is 6.10 Å². The summed E-state index contributed by atoms with van der Waals surface area (Å²) in [7, 11) is 1.59. The zero-order chi connectivity index (χ0) is 14.5. The quantitative estimate of drug-likeness (QED) is 0.879. The van der Waals surface area contributed by atoms with Crippen molar-refractivity contribution in [2.45, 2.75) is 26.5 Å². The Morgan fingerprint density at radius 1 is 1.35 bits per heavy atom. The number of aliphatic hydroxyl groups excluding tert-OH is 1. The normalized spacial score (nSPS) is 12.2. The Balaban J connectivity index is 2.00. The predicted molar refractivity (Wildman–Crippen MR) is 76.1 cm³/mol. The minimum absolute atomic E-state index is 0.522. The molecule has 5 nitrogen and oxygen atoms in total. The summed E-state index contributed by atoms with van der Waals surface area (Å²) in [6.45, 7) is 4.93. The van der Waals surface area contributed by atoms with Crippen molar-refractivity contribution < 1.29 is 14.6 Å². The third-order valence-corrected chi connectivity index (χ3v) is 3.18. The number of hydrogen-bond donors (Lipinski definition) is 1. The first kappa shape index (κ1) is 14.4. The lowest BCUT2D eigenvalue weighted by Crippen LogP contribution is -2.09. The first-order valence-electron chi connectivity index (χ1n) is 6.58. The number of benzene rings is 1. The number of aryl methyl sites for hydroxylation is 1. The van der Waals surface area contributed by atoms with E-state index >= 15 is 0 Å². The molecule has 1 N–H and O–H groups in total. The first-order valence-corrected chi connectivity index (χ1v) is 6.58. The second-order valence-corrected chi connectivity index (χ2v) is 4.60. The van der Waals surface area contributed by atoms with E-state index in [9.17, 15) is 5.11 Å². The molecule has 0 aliphatic heterocycles. The SMILES string of the molecule is COc1cc([C@@H](C)O)ccc1OCCn1ccnc1C. The Labute approximate surface area is 118 Å². The largest absolute Gasteiger partial charge is 0.493 e. The average Bonchev–Trinajstić information content (AvgIpc) is 2.84. The van der Waals surface area contributed by atoms with Gasteiger partial charge < -0.3 is 19.1 Å². The molecule has 0 aliphatic carbocycles. The topological polar surface area (TPSA) is 56.5 Å². The number of aliphatic hydroxyl groups is 1. The Morgan fingerprint density at radius 2 is 2.15 bits per heavy atom. The van der Waals surface area contributed by atoms with Gasteiger partial charge in [-0.25, -0.2) is 4.98 Å². The highest BCUT2D eigenvalue weighted by molar-refractivity contribution is 5.43. The fourth-order valence-electron chi connectivity index (χ4n) is 1.96. The van der Waals surface area contributed by atoms with Gasteiger partial charge in [-0.1, -0.05) is 6.07 Å². The maximum Gasteiger partial charge on any atom is 0.161 e.